The van der Waals surface area contributed by atoms with E-state index in [1.165, 1.54) is 5.56 Å². The molecular formula is C21H18N4O. The molecule has 0 N–H and O–H groups in total. The monoisotopic (exact) mass is 342 g/mol. The van der Waals surface area contributed by atoms with Gasteiger partial charge in [-0.25, -0.2) is 0 Å². The zero-order valence-corrected chi connectivity index (χ0v) is 14.5. The fraction of sp³-hybridized carbons (Fsp3) is 0.190. The van der Waals surface area contributed by atoms with Crippen molar-refractivity contribution in [2.24, 2.45) is 7.05 Å². The number of carbonyl (C=O) groups excluding carboxylic acids is 1. The lowest BCUT2D eigenvalue weighted by Gasteiger charge is -2.34. The van der Waals surface area contributed by atoms with E-state index in [9.17, 15) is 4.79 Å². The molecule has 5 nitrogen and oxygen atoms in total. The van der Waals surface area contributed by atoms with Gasteiger partial charge in [-0.1, -0.05) is 30.3 Å². The van der Waals surface area contributed by atoms with Gasteiger partial charge in [0.25, 0.3) is 5.91 Å². The zero-order chi connectivity index (χ0) is 18.1. The topological polar surface area (TPSA) is 61.9 Å². The molecule has 1 atom stereocenters. The number of hydrogen-bond donors (Lipinski definition) is 0. The van der Waals surface area contributed by atoms with Gasteiger partial charge in [0.2, 0.25) is 0 Å². The Morgan fingerprint density at radius 2 is 2.08 bits per heavy atom. The van der Waals surface area contributed by atoms with E-state index in [0.29, 0.717) is 24.2 Å². The number of aromatic nitrogens is 2. The number of nitrogens with zero attached hydrogens (tertiary/aromatic N) is 4. The van der Waals surface area contributed by atoms with E-state index >= 15 is 0 Å². The van der Waals surface area contributed by atoms with E-state index in [-0.39, 0.29) is 11.8 Å². The van der Waals surface area contributed by atoms with E-state index in [1.807, 2.05) is 36.5 Å². The predicted octanol–water partition coefficient (Wildman–Crippen LogP) is 3.08. The highest BCUT2D eigenvalue weighted by atomic mass is 16.2. The fourth-order valence-corrected chi connectivity index (χ4v) is 3.57. The molecule has 26 heavy (non-hydrogen) atoms. The predicted molar refractivity (Wildman–Crippen MR) is 97.4 cm³/mol. The maximum absolute atomic E-state index is 13.1. The van der Waals surface area contributed by atoms with Crippen molar-refractivity contribution in [1.29, 1.82) is 5.26 Å². The van der Waals surface area contributed by atoms with Crippen LogP contribution in [0.15, 0.2) is 60.9 Å². The lowest BCUT2D eigenvalue weighted by atomic mass is 9.86. The average Bonchev–Trinajstić information content (AvgIpc) is 3.12. The molecule has 1 aliphatic heterocycles. The Morgan fingerprint density at radius 3 is 2.85 bits per heavy atom. The van der Waals surface area contributed by atoms with Gasteiger partial charge in [-0.05, 0) is 34.9 Å². The second-order valence-electron chi connectivity index (χ2n) is 6.58. The minimum Gasteiger partial charge on any atom is -0.333 e. The third kappa shape index (κ3) is 2.86. The highest BCUT2D eigenvalue weighted by Crippen LogP contribution is 2.33. The third-order valence-electron chi connectivity index (χ3n) is 4.85. The molecule has 1 amide bonds. The Kier molecular flexibility index (Phi) is 4.02. The van der Waals surface area contributed by atoms with Crippen molar-refractivity contribution in [3.8, 4) is 6.07 Å². The van der Waals surface area contributed by atoms with Gasteiger partial charge in [0.1, 0.15) is 0 Å². The summed E-state index contributed by atoms with van der Waals surface area (Å²) in [5, 5.41) is 13.4. The number of amides is 1. The van der Waals surface area contributed by atoms with Crippen LogP contribution in [0, 0.1) is 11.3 Å². The second-order valence-corrected chi connectivity index (χ2v) is 6.58. The minimum atomic E-state index is -0.0505. The van der Waals surface area contributed by atoms with Crippen molar-refractivity contribution in [3.63, 3.8) is 0 Å². The largest absolute Gasteiger partial charge is 0.333 e. The van der Waals surface area contributed by atoms with E-state index in [2.05, 4.69) is 23.3 Å². The second kappa shape index (κ2) is 6.49. The van der Waals surface area contributed by atoms with E-state index in [0.717, 1.165) is 11.1 Å². The van der Waals surface area contributed by atoms with Crippen LogP contribution < -0.4 is 0 Å². The molecule has 0 aliphatic carbocycles. The summed E-state index contributed by atoms with van der Waals surface area (Å²) >= 11 is 0. The van der Waals surface area contributed by atoms with Crippen LogP contribution in [-0.2, 0) is 13.6 Å². The molecule has 1 aliphatic rings. The van der Waals surface area contributed by atoms with Gasteiger partial charge in [-0.15, -0.1) is 0 Å². The summed E-state index contributed by atoms with van der Waals surface area (Å²) in [4.78, 5) is 14.9. The highest BCUT2D eigenvalue weighted by molar-refractivity contribution is 5.94. The average molecular weight is 342 g/mol. The third-order valence-corrected chi connectivity index (χ3v) is 4.85. The van der Waals surface area contributed by atoms with Gasteiger partial charge in [-0.3, -0.25) is 9.48 Å². The number of carbonyl (C=O) groups is 1. The number of benzene rings is 2. The maximum Gasteiger partial charge on any atom is 0.254 e. The van der Waals surface area contributed by atoms with Crippen LogP contribution in [0.1, 0.15) is 38.5 Å². The molecule has 0 fully saturated rings. The molecule has 2 aromatic carbocycles. The van der Waals surface area contributed by atoms with Crippen molar-refractivity contribution < 1.29 is 4.79 Å². The Labute approximate surface area is 152 Å². The zero-order valence-electron chi connectivity index (χ0n) is 14.5. The highest BCUT2D eigenvalue weighted by Gasteiger charge is 2.30. The van der Waals surface area contributed by atoms with Gasteiger partial charge in [0.05, 0.1) is 17.8 Å². The van der Waals surface area contributed by atoms with Crippen LogP contribution in [0.5, 0.6) is 0 Å². The SMILES string of the molecule is Cn1cc([C@@H]2CN(C(=O)c3cccc(C#N)c3)Cc3ccccc32)cn1. The van der Waals surface area contributed by atoms with Crippen LogP contribution in [0.4, 0.5) is 0 Å². The molecule has 3 aromatic rings. The van der Waals surface area contributed by atoms with Crippen LogP contribution in [-0.4, -0.2) is 27.1 Å². The Morgan fingerprint density at radius 1 is 1.23 bits per heavy atom. The summed E-state index contributed by atoms with van der Waals surface area (Å²) in [5.74, 6) is 0.0437. The van der Waals surface area contributed by atoms with Gasteiger partial charge in [0.15, 0.2) is 0 Å². The van der Waals surface area contributed by atoms with Crippen molar-refractivity contribution in [2.75, 3.05) is 6.54 Å². The standard InChI is InChI=1S/C21H18N4O/c1-24-12-18(11-23-24)20-14-25(13-17-6-2-3-8-19(17)20)21(26)16-7-4-5-15(9-16)10-22/h2-9,11-12,20H,13-14H2,1H3/t20-/m0/s1. The molecule has 1 aromatic heterocycles. The van der Waals surface area contributed by atoms with E-state index in [4.69, 9.17) is 5.26 Å². The summed E-state index contributed by atoms with van der Waals surface area (Å²) < 4.78 is 1.79. The first-order valence-electron chi connectivity index (χ1n) is 8.51. The Hall–Kier alpha value is -3.39. The maximum atomic E-state index is 13.1. The number of hydrogen-bond acceptors (Lipinski definition) is 3. The molecule has 0 saturated heterocycles. The molecule has 0 radical (unpaired) electrons. The first-order valence-corrected chi connectivity index (χ1v) is 8.51. The molecule has 0 spiro atoms. The van der Waals surface area contributed by atoms with Gasteiger partial charge >= 0.3 is 0 Å². The van der Waals surface area contributed by atoms with Gasteiger partial charge in [-0.2, -0.15) is 10.4 Å². The molecule has 0 saturated carbocycles. The molecular weight excluding hydrogens is 324 g/mol. The molecule has 5 heteroatoms. The molecule has 128 valence electrons. The van der Waals surface area contributed by atoms with Crippen LogP contribution in [0.2, 0.25) is 0 Å². The molecule has 0 unspecified atom stereocenters. The van der Waals surface area contributed by atoms with Crippen molar-refractivity contribution in [1.82, 2.24) is 14.7 Å². The number of fused-ring (bicyclic) bond motifs is 1. The summed E-state index contributed by atoms with van der Waals surface area (Å²) in [6.45, 7) is 1.17. The Balaban J connectivity index is 1.71. The van der Waals surface area contributed by atoms with Crippen LogP contribution in [0.3, 0.4) is 0 Å². The minimum absolute atomic E-state index is 0.0505. The van der Waals surface area contributed by atoms with Crippen LogP contribution in [0.25, 0.3) is 0 Å². The first-order chi connectivity index (χ1) is 12.7. The number of rotatable bonds is 2. The van der Waals surface area contributed by atoms with Crippen molar-refractivity contribution >= 4 is 5.91 Å². The quantitative estimate of drug-likeness (QED) is 0.719. The lowest BCUT2D eigenvalue weighted by Crippen LogP contribution is -2.38. The van der Waals surface area contributed by atoms with Gasteiger partial charge in [0, 0.05) is 37.8 Å². The number of aryl methyl sites for hydroxylation is 1. The normalized spacial score (nSPS) is 16.0. The van der Waals surface area contributed by atoms with Crippen molar-refractivity contribution in [2.45, 2.75) is 12.5 Å². The molecule has 0 bridgehead atoms. The molecule has 2 heterocycles. The van der Waals surface area contributed by atoms with E-state index in [1.54, 1.807) is 28.9 Å². The molecule has 4 rings (SSSR count). The summed E-state index contributed by atoms with van der Waals surface area (Å²) in [7, 11) is 1.90. The smallest absolute Gasteiger partial charge is 0.254 e. The fourth-order valence-electron chi connectivity index (χ4n) is 3.57. The van der Waals surface area contributed by atoms with Crippen molar-refractivity contribution in [3.05, 3.63) is 88.7 Å². The number of nitriles is 1. The van der Waals surface area contributed by atoms with Crippen LogP contribution >= 0.6 is 0 Å². The Bertz CT molecular complexity index is 1010. The lowest BCUT2D eigenvalue weighted by molar-refractivity contribution is 0.0725. The van der Waals surface area contributed by atoms with Gasteiger partial charge < -0.3 is 4.90 Å². The van der Waals surface area contributed by atoms with E-state index < -0.39 is 0 Å². The summed E-state index contributed by atoms with van der Waals surface area (Å²) in [5.41, 5.74) is 4.54. The first kappa shape index (κ1) is 16.1. The summed E-state index contributed by atoms with van der Waals surface area (Å²) in [6, 6.07) is 17.2. The summed E-state index contributed by atoms with van der Waals surface area (Å²) in [6.07, 6.45) is 3.87.